The van der Waals surface area contributed by atoms with Crippen molar-refractivity contribution < 1.29 is 22.8 Å². The van der Waals surface area contributed by atoms with Crippen LogP contribution in [0.3, 0.4) is 0 Å². The van der Waals surface area contributed by atoms with Crippen molar-refractivity contribution in [3.8, 4) is 5.75 Å². The van der Waals surface area contributed by atoms with Crippen LogP contribution in [0.4, 0.5) is 0 Å². The first kappa shape index (κ1) is 20.6. The average Bonchev–Trinajstić information content (AvgIpc) is 2.55. The van der Waals surface area contributed by atoms with E-state index in [1.54, 1.807) is 13.0 Å². The molecule has 0 amide bonds. The van der Waals surface area contributed by atoms with Gasteiger partial charge in [-0.05, 0) is 45.1 Å². The van der Waals surface area contributed by atoms with Crippen LogP contribution in [-0.2, 0) is 24.9 Å². The number of rotatable bonds is 9. The van der Waals surface area contributed by atoms with Crippen molar-refractivity contribution in [3.63, 3.8) is 0 Å². The smallest absolute Gasteiger partial charge is 0.360 e. The Hall–Kier alpha value is -2.41. The topological polar surface area (TPSA) is 74.2 Å². The lowest BCUT2D eigenvalue weighted by molar-refractivity contribution is -0.135. The number of esters is 1. The molecule has 1 unspecified atom stereocenters. The van der Waals surface area contributed by atoms with Crippen LogP contribution in [0.2, 0.25) is 0 Å². The van der Waals surface area contributed by atoms with E-state index in [4.69, 9.17) is 9.47 Å². The van der Waals surface area contributed by atoms with E-state index in [1.807, 2.05) is 44.2 Å². The van der Waals surface area contributed by atoms with Crippen molar-refractivity contribution in [2.45, 2.75) is 20.8 Å². The van der Waals surface area contributed by atoms with Crippen molar-refractivity contribution in [2.24, 2.45) is 5.16 Å². The van der Waals surface area contributed by atoms with Crippen molar-refractivity contribution in [1.29, 1.82) is 0 Å². The fraction of sp³-hybridized carbons (Fsp3) is 0.333. The fourth-order valence-corrected chi connectivity index (χ4v) is 1.84. The molecule has 1 aromatic rings. The summed E-state index contributed by atoms with van der Waals surface area (Å²) in [5, 5.41) is 3.58. The van der Waals surface area contributed by atoms with E-state index in [0.29, 0.717) is 12.4 Å². The van der Waals surface area contributed by atoms with E-state index in [-0.39, 0.29) is 12.3 Å². The lowest BCUT2D eigenvalue weighted by Gasteiger charge is -2.07. The van der Waals surface area contributed by atoms with Gasteiger partial charge in [-0.15, -0.1) is 0 Å². The highest BCUT2D eigenvalue weighted by Crippen LogP contribution is 2.19. The van der Waals surface area contributed by atoms with Crippen LogP contribution >= 0.6 is 0 Å². The highest BCUT2D eigenvalue weighted by atomic mass is 32.2. The van der Waals surface area contributed by atoms with Crippen molar-refractivity contribution >= 4 is 28.8 Å². The van der Waals surface area contributed by atoms with Gasteiger partial charge in [0.2, 0.25) is 11.1 Å². The maximum atomic E-state index is 11.9. The van der Waals surface area contributed by atoms with E-state index in [0.717, 1.165) is 11.1 Å². The van der Waals surface area contributed by atoms with Crippen LogP contribution in [0.15, 0.2) is 47.1 Å². The first-order valence-corrected chi connectivity index (χ1v) is 9.21. The number of hydrogen-bond donors (Lipinski definition) is 0. The van der Waals surface area contributed by atoms with E-state index in [9.17, 15) is 9.00 Å². The van der Waals surface area contributed by atoms with Gasteiger partial charge in [-0.1, -0.05) is 28.9 Å². The van der Waals surface area contributed by atoms with Gasteiger partial charge in [0.05, 0.1) is 12.9 Å². The molecule has 0 aromatic heterocycles. The quantitative estimate of drug-likeness (QED) is 0.291. The van der Waals surface area contributed by atoms with Crippen LogP contribution in [0.5, 0.6) is 5.75 Å². The predicted octanol–water partition coefficient (Wildman–Crippen LogP) is 3.27. The van der Waals surface area contributed by atoms with E-state index < -0.39 is 17.0 Å². The number of allylic oxidation sites excluding steroid dienone is 1. The van der Waals surface area contributed by atoms with Crippen molar-refractivity contribution in [1.82, 2.24) is 0 Å². The maximum Gasteiger partial charge on any atom is 0.360 e. The van der Waals surface area contributed by atoms with Gasteiger partial charge in [0.15, 0.2) is 5.71 Å². The van der Waals surface area contributed by atoms with Gasteiger partial charge >= 0.3 is 5.97 Å². The molecule has 0 fully saturated rings. The zero-order chi connectivity index (χ0) is 18.7. The van der Waals surface area contributed by atoms with Gasteiger partial charge in [-0.25, -0.2) is 9.00 Å². The summed E-state index contributed by atoms with van der Waals surface area (Å²) < 4.78 is 26.3. The lowest BCUT2D eigenvalue weighted by Crippen LogP contribution is -2.16. The molecule has 0 heterocycles. The van der Waals surface area contributed by atoms with Gasteiger partial charge in [0, 0.05) is 5.56 Å². The highest BCUT2D eigenvalue weighted by molar-refractivity contribution is 7.79. The Bertz CT molecular complexity index is 690. The molecule has 1 rings (SSSR count). The first-order valence-electron chi connectivity index (χ1n) is 7.73. The minimum Gasteiger partial charge on any atom is -0.489 e. The third-order valence-corrected chi connectivity index (χ3v) is 3.08. The summed E-state index contributed by atoms with van der Waals surface area (Å²) in [7, 11) is 0. The molecule has 136 valence electrons. The second-order valence-electron chi connectivity index (χ2n) is 5.14. The van der Waals surface area contributed by atoms with Gasteiger partial charge in [-0.2, -0.15) is 0 Å². The molecule has 0 N–H and O–H groups in total. The normalized spacial score (nSPS) is 12.6. The first-order chi connectivity index (χ1) is 11.9. The third kappa shape index (κ3) is 8.30. The molecule has 0 aliphatic carbocycles. The Morgan fingerprint density at radius 3 is 2.64 bits per heavy atom. The Morgan fingerprint density at radius 2 is 2.00 bits per heavy atom. The number of nitrogens with zero attached hydrogens (tertiary/aromatic N) is 1. The molecule has 25 heavy (non-hydrogen) atoms. The molecule has 1 atom stereocenters. The maximum absolute atomic E-state index is 11.9. The van der Waals surface area contributed by atoms with Crippen molar-refractivity contribution in [3.05, 3.63) is 47.6 Å². The molecule has 0 saturated heterocycles. The summed E-state index contributed by atoms with van der Waals surface area (Å²) >= 11 is -1.63. The minimum absolute atomic E-state index is 0.0869. The van der Waals surface area contributed by atoms with Crippen LogP contribution in [0.25, 0.3) is 6.08 Å². The second-order valence-corrected chi connectivity index (χ2v) is 6.09. The molecular weight excluding hydrogens is 342 g/mol. The van der Waals surface area contributed by atoms with Crippen LogP contribution in [0.1, 0.15) is 26.3 Å². The molecule has 1 aromatic carbocycles. The summed E-state index contributed by atoms with van der Waals surface area (Å²) in [5.41, 5.74) is 1.84. The Balaban J connectivity index is 2.98. The summed E-state index contributed by atoms with van der Waals surface area (Å²) in [5.74, 6) is 0.00610. The number of benzene rings is 1. The number of carbonyl (C=O) groups is 1. The Labute approximate surface area is 150 Å². The highest BCUT2D eigenvalue weighted by Gasteiger charge is 2.11. The molecule has 0 radical (unpaired) electrons. The minimum atomic E-state index is -1.63. The van der Waals surface area contributed by atoms with E-state index in [2.05, 4.69) is 9.44 Å². The number of carbonyl (C=O) groups excluding carboxylic acids is 1. The number of oxime groups is 1. The molecule has 6 nitrogen and oxygen atoms in total. The predicted molar refractivity (Wildman–Crippen MR) is 99.6 cm³/mol. The summed E-state index contributed by atoms with van der Waals surface area (Å²) in [6, 6.07) is 7.39. The van der Waals surface area contributed by atoms with Gasteiger partial charge < -0.3 is 9.47 Å². The molecule has 0 spiro atoms. The standard InChI is InChI=1S/C18H23NO5S/c1-5-22-18(20)16(19-24-25(4)21)11-10-15-8-6-7-9-17(15)23-13-12-14(2)3/h6-12H,5,13H2,1-4H3/b11-10+,19-16-. The van der Waals surface area contributed by atoms with Crippen molar-refractivity contribution in [2.75, 3.05) is 19.5 Å². The number of para-hydroxylation sites is 1. The monoisotopic (exact) mass is 365 g/mol. The van der Waals surface area contributed by atoms with Gasteiger partial charge in [-0.3, -0.25) is 4.28 Å². The SMILES string of the molecule is CCOC(=O)C(/C=C/c1ccccc1OCC=C(C)C)=N\OS(C)=O. The van der Waals surface area contributed by atoms with Crippen LogP contribution in [-0.4, -0.2) is 35.4 Å². The van der Waals surface area contributed by atoms with Crippen LogP contribution < -0.4 is 4.74 Å². The van der Waals surface area contributed by atoms with Crippen LogP contribution in [0, 0.1) is 0 Å². The average molecular weight is 365 g/mol. The summed E-state index contributed by atoms with van der Waals surface area (Å²) in [6.45, 7) is 6.32. The summed E-state index contributed by atoms with van der Waals surface area (Å²) in [6.07, 6.45) is 6.38. The Kier molecular flexibility index (Phi) is 9.24. The van der Waals surface area contributed by atoms with E-state index in [1.165, 1.54) is 12.3 Å². The largest absolute Gasteiger partial charge is 0.489 e. The fourth-order valence-electron chi connectivity index (χ4n) is 1.65. The van der Waals surface area contributed by atoms with Gasteiger partial charge in [0.25, 0.3) is 0 Å². The molecular formula is C18H23NO5S. The second kappa shape index (κ2) is 11.2. The molecule has 0 aliphatic rings. The molecule has 7 heteroatoms. The third-order valence-electron chi connectivity index (χ3n) is 2.80. The zero-order valence-corrected chi connectivity index (χ0v) is 15.7. The number of ether oxygens (including phenoxy) is 2. The van der Waals surface area contributed by atoms with Gasteiger partial charge in [0.1, 0.15) is 12.4 Å². The lowest BCUT2D eigenvalue weighted by atomic mass is 10.1. The molecule has 0 saturated carbocycles. The summed E-state index contributed by atoms with van der Waals surface area (Å²) in [4.78, 5) is 11.9. The number of hydrogen-bond acceptors (Lipinski definition) is 6. The molecule has 0 aliphatic heterocycles. The molecule has 0 bridgehead atoms. The zero-order valence-electron chi connectivity index (χ0n) is 14.9. The van der Waals surface area contributed by atoms with E-state index >= 15 is 0 Å². The Morgan fingerprint density at radius 1 is 1.28 bits per heavy atom.